The Bertz CT molecular complexity index is 812. The fraction of sp³-hybridized carbons (Fsp3) is 0.435. The molecule has 1 saturated heterocycles. The summed E-state index contributed by atoms with van der Waals surface area (Å²) < 4.78 is 41.0. The van der Waals surface area contributed by atoms with Gasteiger partial charge in [0.05, 0.1) is 6.61 Å². The van der Waals surface area contributed by atoms with Crippen LogP contribution < -0.4 is 5.32 Å². The third-order valence-corrected chi connectivity index (χ3v) is 5.24. The van der Waals surface area contributed by atoms with Gasteiger partial charge >= 0.3 is 6.18 Å². The summed E-state index contributed by atoms with van der Waals surface area (Å²) in [6.07, 6.45) is -1.87. The zero-order valence-electron chi connectivity index (χ0n) is 17.0. The Labute approximate surface area is 175 Å². The Kier molecular flexibility index (Phi) is 7.50. The number of nitrogens with one attached hydrogen (secondary N) is 1. The molecule has 4 nitrogen and oxygen atoms in total. The second kappa shape index (κ2) is 10.1. The van der Waals surface area contributed by atoms with Gasteiger partial charge in [0.1, 0.15) is 6.61 Å². The molecule has 0 aromatic heterocycles. The molecule has 1 aliphatic rings. The lowest BCUT2D eigenvalue weighted by atomic mass is 9.99. The van der Waals surface area contributed by atoms with Crippen molar-refractivity contribution in [2.24, 2.45) is 5.92 Å². The minimum absolute atomic E-state index is 0.154. The molecule has 0 bridgehead atoms. The number of ether oxygens (including phenoxy) is 1. The van der Waals surface area contributed by atoms with Crippen LogP contribution in [0.15, 0.2) is 48.5 Å². The minimum Gasteiger partial charge on any atom is -0.367 e. The molecule has 3 rings (SSSR count). The number of carbonyl (C=O) groups excluding carboxylic acids is 1. The molecular weight excluding hydrogens is 393 g/mol. The van der Waals surface area contributed by atoms with E-state index in [1.54, 1.807) is 24.3 Å². The average Bonchev–Trinajstić information content (AvgIpc) is 2.71. The third kappa shape index (κ3) is 7.15. The number of piperidine rings is 1. The number of alkyl halides is 3. The van der Waals surface area contributed by atoms with Crippen molar-refractivity contribution in [3.05, 3.63) is 65.2 Å². The number of hydrogen-bond acceptors (Lipinski definition) is 3. The maximum atomic E-state index is 12.4. The summed E-state index contributed by atoms with van der Waals surface area (Å²) in [5.41, 5.74) is 2.92. The van der Waals surface area contributed by atoms with E-state index in [9.17, 15) is 18.0 Å². The first kappa shape index (κ1) is 22.3. The highest BCUT2D eigenvalue weighted by Crippen LogP contribution is 2.20. The molecule has 7 heteroatoms. The molecule has 1 amide bonds. The molecule has 0 unspecified atom stereocenters. The van der Waals surface area contributed by atoms with E-state index in [1.807, 2.05) is 24.3 Å². The summed E-state index contributed by atoms with van der Waals surface area (Å²) >= 11 is 0. The maximum absolute atomic E-state index is 12.4. The van der Waals surface area contributed by atoms with Gasteiger partial charge in [-0.2, -0.15) is 13.2 Å². The van der Waals surface area contributed by atoms with Gasteiger partial charge in [0.2, 0.25) is 0 Å². The van der Waals surface area contributed by atoms with Gasteiger partial charge in [-0.25, -0.2) is 0 Å². The molecule has 0 spiro atoms. The molecule has 1 N–H and O–H groups in total. The van der Waals surface area contributed by atoms with E-state index < -0.39 is 12.8 Å². The van der Waals surface area contributed by atoms with Gasteiger partial charge in [-0.1, -0.05) is 31.2 Å². The molecule has 1 heterocycles. The molecule has 0 saturated carbocycles. The number of halogens is 3. The van der Waals surface area contributed by atoms with Crippen molar-refractivity contribution < 1.29 is 22.7 Å². The molecule has 1 fully saturated rings. The maximum Gasteiger partial charge on any atom is 0.411 e. The Hall–Kier alpha value is -2.38. The fourth-order valence-corrected chi connectivity index (χ4v) is 3.41. The normalized spacial score (nSPS) is 15.9. The fourth-order valence-electron chi connectivity index (χ4n) is 3.41. The molecule has 0 aliphatic carbocycles. The highest BCUT2D eigenvalue weighted by Gasteiger charge is 2.27. The Morgan fingerprint density at radius 1 is 1.03 bits per heavy atom. The standard InChI is InChI=1S/C23H27F3N2O2/c1-17-10-12-28(13-11-17)14-18-4-8-21(9-5-18)27-22(29)20-6-2-19(3-7-20)15-30-16-23(24,25)26/h2-9,17H,10-16H2,1H3,(H,27,29). The zero-order chi connectivity index (χ0) is 21.6. The van der Waals surface area contributed by atoms with Crippen LogP contribution in [0.3, 0.4) is 0 Å². The Morgan fingerprint density at radius 3 is 2.23 bits per heavy atom. The molecule has 2 aromatic rings. The summed E-state index contributed by atoms with van der Waals surface area (Å²) in [7, 11) is 0. The second-order valence-corrected chi connectivity index (χ2v) is 7.91. The first-order valence-corrected chi connectivity index (χ1v) is 10.1. The van der Waals surface area contributed by atoms with Crippen LogP contribution in [0.5, 0.6) is 0 Å². The molecule has 162 valence electrons. The van der Waals surface area contributed by atoms with Crippen LogP contribution in [-0.4, -0.2) is 36.7 Å². The summed E-state index contributed by atoms with van der Waals surface area (Å²) in [4.78, 5) is 14.9. The van der Waals surface area contributed by atoms with Crippen LogP contribution in [0.4, 0.5) is 18.9 Å². The number of nitrogens with zero attached hydrogens (tertiary/aromatic N) is 1. The van der Waals surface area contributed by atoms with Gasteiger partial charge in [-0.3, -0.25) is 9.69 Å². The molecule has 0 radical (unpaired) electrons. The van der Waals surface area contributed by atoms with E-state index in [0.717, 1.165) is 25.6 Å². The van der Waals surface area contributed by atoms with Crippen LogP contribution in [0, 0.1) is 5.92 Å². The molecular formula is C23H27F3N2O2. The quantitative estimate of drug-likeness (QED) is 0.665. The van der Waals surface area contributed by atoms with Crippen molar-refractivity contribution >= 4 is 11.6 Å². The van der Waals surface area contributed by atoms with Crippen molar-refractivity contribution in [2.75, 3.05) is 25.0 Å². The van der Waals surface area contributed by atoms with Crippen LogP contribution in [0.25, 0.3) is 0 Å². The van der Waals surface area contributed by atoms with Gasteiger partial charge in [0.25, 0.3) is 5.91 Å². The van der Waals surface area contributed by atoms with Crippen LogP contribution in [0.1, 0.15) is 41.3 Å². The van der Waals surface area contributed by atoms with Gasteiger partial charge in [-0.15, -0.1) is 0 Å². The van der Waals surface area contributed by atoms with Gasteiger partial charge in [0.15, 0.2) is 0 Å². The summed E-state index contributed by atoms with van der Waals surface area (Å²) in [6, 6.07) is 14.2. The van der Waals surface area contributed by atoms with E-state index in [1.165, 1.54) is 18.4 Å². The second-order valence-electron chi connectivity index (χ2n) is 7.91. The number of anilines is 1. The molecule has 0 atom stereocenters. The SMILES string of the molecule is CC1CCN(Cc2ccc(NC(=O)c3ccc(COCC(F)(F)F)cc3)cc2)CC1. The minimum atomic E-state index is -4.35. The third-order valence-electron chi connectivity index (χ3n) is 5.24. The summed E-state index contributed by atoms with van der Waals surface area (Å²) in [6.45, 7) is 4.01. The predicted molar refractivity (Wildman–Crippen MR) is 110 cm³/mol. The number of carbonyl (C=O) groups is 1. The first-order valence-electron chi connectivity index (χ1n) is 10.1. The van der Waals surface area contributed by atoms with E-state index in [2.05, 4.69) is 21.9 Å². The van der Waals surface area contributed by atoms with Crippen molar-refractivity contribution in [3.63, 3.8) is 0 Å². The first-order chi connectivity index (χ1) is 14.3. The number of likely N-dealkylation sites (tertiary alicyclic amines) is 1. The van der Waals surface area contributed by atoms with Crippen molar-refractivity contribution in [1.29, 1.82) is 0 Å². The van der Waals surface area contributed by atoms with E-state index >= 15 is 0 Å². The zero-order valence-corrected chi connectivity index (χ0v) is 17.0. The topological polar surface area (TPSA) is 41.6 Å². The lowest BCUT2D eigenvalue weighted by molar-refractivity contribution is -0.176. The smallest absolute Gasteiger partial charge is 0.367 e. The monoisotopic (exact) mass is 420 g/mol. The van der Waals surface area contributed by atoms with Gasteiger partial charge < -0.3 is 10.1 Å². The van der Waals surface area contributed by atoms with Crippen LogP contribution >= 0.6 is 0 Å². The van der Waals surface area contributed by atoms with Crippen LogP contribution in [-0.2, 0) is 17.9 Å². The van der Waals surface area contributed by atoms with Crippen molar-refractivity contribution in [3.8, 4) is 0 Å². The van der Waals surface area contributed by atoms with Gasteiger partial charge in [-0.05, 0) is 67.2 Å². The van der Waals surface area contributed by atoms with E-state index in [0.29, 0.717) is 16.8 Å². The lowest BCUT2D eigenvalue weighted by Crippen LogP contribution is -2.32. The number of benzene rings is 2. The average molecular weight is 420 g/mol. The van der Waals surface area contributed by atoms with Crippen molar-refractivity contribution in [1.82, 2.24) is 4.90 Å². The number of amides is 1. The van der Waals surface area contributed by atoms with E-state index in [4.69, 9.17) is 0 Å². The van der Waals surface area contributed by atoms with E-state index in [-0.39, 0.29) is 12.5 Å². The highest BCUT2D eigenvalue weighted by molar-refractivity contribution is 6.04. The lowest BCUT2D eigenvalue weighted by Gasteiger charge is -2.30. The van der Waals surface area contributed by atoms with Crippen molar-refractivity contribution in [2.45, 2.75) is 39.1 Å². The molecule has 2 aromatic carbocycles. The predicted octanol–water partition coefficient (Wildman–Crippen LogP) is 5.25. The number of rotatable bonds is 7. The van der Waals surface area contributed by atoms with Gasteiger partial charge in [0, 0.05) is 17.8 Å². The summed E-state index contributed by atoms with van der Waals surface area (Å²) in [5.74, 6) is 0.538. The highest BCUT2D eigenvalue weighted by atomic mass is 19.4. The summed E-state index contributed by atoms with van der Waals surface area (Å²) in [5, 5.41) is 2.84. The Balaban J connectivity index is 1.48. The number of hydrogen-bond donors (Lipinski definition) is 1. The Morgan fingerprint density at radius 2 is 1.63 bits per heavy atom. The largest absolute Gasteiger partial charge is 0.411 e. The van der Waals surface area contributed by atoms with Crippen LogP contribution in [0.2, 0.25) is 0 Å². The molecule has 30 heavy (non-hydrogen) atoms. The molecule has 1 aliphatic heterocycles.